The summed E-state index contributed by atoms with van der Waals surface area (Å²) in [6.07, 6.45) is 0.700. The van der Waals surface area contributed by atoms with E-state index in [2.05, 4.69) is 3.97 Å². The highest BCUT2D eigenvalue weighted by Crippen LogP contribution is 2.16. The third-order valence-corrected chi connectivity index (χ3v) is 2.00. The second kappa shape index (κ2) is 2.59. The van der Waals surface area contributed by atoms with Crippen LogP contribution >= 0.6 is 8.25 Å². The summed E-state index contributed by atoms with van der Waals surface area (Å²) in [7, 11) is -7.07. The standard InChI is InChI=1S/CH5O5PS/c1-8(4,5)6-7(2)3/h7H,1H3,(H,2,3). The molecule has 0 aromatic rings. The molecular formula is CH5O5PS. The fourth-order valence-electron chi connectivity index (χ4n) is 0.129. The van der Waals surface area contributed by atoms with E-state index in [1.54, 1.807) is 0 Å². The van der Waals surface area contributed by atoms with Gasteiger partial charge in [0, 0.05) is 0 Å². The third-order valence-electron chi connectivity index (χ3n) is 0.223. The van der Waals surface area contributed by atoms with Crippen LogP contribution in [0, 0.1) is 0 Å². The molecule has 1 atom stereocenters. The van der Waals surface area contributed by atoms with Crippen LogP contribution in [0.15, 0.2) is 0 Å². The summed E-state index contributed by atoms with van der Waals surface area (Å²) in [5.74, 6) is 0. The zero-order valence-corrected chi connectivity index (χ0v) is 5.80. The maximum absolute atomic E-state index is 9.88. The summed E-state index contributed by atoms with van der Waals surface area (Å²) in [6.45, 7) is 0. The molecule has 0 spiro atoms. The van der Waals surface area contributed by atoms with Gasteiger partial charge in [-0.05, 0) is 0 Å². The normalized spacial score (nSPS) is 15.8. The van der Waals surface area contributed by atoms with Crippen LogP contribution in [0.5, 0.6) is 0 Å². The van der Waals surface area contributed by atoms with Crippen LogP contribution < -0.4 is 0 Å². The zero-order chi connectivity index (χ0) is 6.78. The first-order valence-electron chi connectivity index (χ1n) is 1.54. The van der Waals surface area contributed by atoms with Gasteiger partial charge in [0.1, 0.15) is 0 Å². The smallest absolute Gasteiger partial charge is 0.326 e. The molecular weight excluding hydrogens is 155 g/mol. The largest absolute Gasteiger partial charge is 0.331 e. The molecule has 1 unspecified atom stereocenters. The number of rotatable bonds is 2. The van der Waals surface area contributed by atoms with Gasteiger partial charge in [0.05, 0.1) is 6.26 Å². The Hall–Kier alpha value is 0.1000. The molecule has 0 saturated heterocycles. The Morgan fingerprint density at radius 1 is 1.62 bits per heavy atom. The first-order valence-corrected chi connectivity index (χ1v) is 4.62. The summed E-state index contributed by atoms with van der Waals surface area (Å²) in [5.41, 5.74) is 0. The van der Waals surface area contributed by atoms with Gasteiger partial charge in [-0.3, -0.25) is 4.57 Å². The van der Waals surface area contributed by atoms with Crippen molar-refractivity contribution in [3.8, 4) is 0 Å². The minimum atomic E-state index is -3.74. The van der Waals surface area contributed by atoms with Crippen molar-refractivity contribution >= 4 is 18.4 Å². The van der Waals surface area contributed by atoms with Crippen molar-refractivity contribution in [2.24, 2.45) is 0 Å². The average Bonchev–Trinajstić information content (AvgIpc) is 1.21. The van der Waals surface area contributed by atoms with Gasteiger partial charge in [0.2, 0.25) is 0 Å². The molecule has 0 saturated carbocycles. The number of hydrogen-bond acceptors (Lipinski definition) is 4. The van der Waals surface area contributed by atoms with Crippen molar-refractivity contribution in [2.75, 3.05) is 6.26 Å². The lowest BCUT2D eigenvalue weighted by molar-refractivity contribution is 0.407. The molecule has 5 nitrogen and oxygen atoms in total. The summed E-state index contributed by atoms with van der Waals surface area (Å²) in [5, 5.41) is 0. The lowest BCUT2D eigenvalue weighted by Gasteiger charge is -1.90. The van der Waals surface area contributed by atoms with Gasteiger partial charge >= 0.3 is 8.25 Å². The molecule has 50 valence electrons. The zero-order valence-electron chi connectivity index (χ0n) is 3.99. The molecule has 0 rings (SSSR count). The molecule has 1 N–H and O–H groups in total. The Kier molecular flexibility index (Phi) is 2.62. The number of hydrogen-bond donors (Lipinski definition) is 1. The highest BCUT2D eigenvalue weighted by atomic mass is 32.2. The maximum atomic E-state index is 9.88. The molecule has 0 aliphatic rings. The van der Waals surface area contributed by atoms with E-state index in [1.807, 2.05) is 0 Å². The molecule has 0 aliphatic heterocycles. The van der Waals surface area contributed by atoms with E-state index < -0.39 is 18.4 Å². The molecule has 7 heteroatoms. The Bertz CT molecular complexity index is 179. The molecule has 0 aliphatic carbocycles. The van der Waals surface area contributed by atoms with Crippen LogP contribution in [0.3, 0.4) is 0 Å². The van der Waals surface area contributed by atoms with Gasteiger partial charge in [-0.25, -0.2) is 0 Å². The SMILES string of the molecule is CS(=O)(=O)O[PH](=O)O. The highest BCUT2D eigenvalue weighted by Gasteiger charge is 2.03. The minimum Gasteiger partial charge on any atom is -0.326 e. The second-order valence-corrected chi connectivity index (χ2v) is 3.66. The lowest BCUT2D eigenvalue weighted by Crippen LogP contribution is -1.94. The van der Waals surface area contributed by atoms with Crippen LogP contribution in [0.2, 0.25) is 0 Å². The van der Waals surface area contributed by atoms with E-state index in [0.29, 0.717) is 6.26 Å². The summed E-state index contributed by atoms with van der Waals surface area (Å²) < 4.78 is 32.9. The van der Waals surface area contributed by atoms with Crippen LogP contribution in [0.4, 0.5) is 0 Å². The van der Waals surface area contributed by atoms with Gasteiger partial charge in [-0.15, -0.1) is 0 Å². The summed E-state index contributed by atoms with van der Waals surface area (Å²) in [4.78, 5) is 7.83. The fourth-order valence-corrected chi connectivity index (χ4v) is 1.17. The second-order valence-electron chi connectivity index (χ2n) is 1.05. The minimum absolute atomic E-state index is 0.700. The van der Waals surface area contributed by atoms with E-state index in [4.69, 9.17) is 4.89 Å². The first kappa shape index (κ1) is 8.10. The maximum Gasteiger partial charge on any atom is 0.331 e. The topological polar surface area (TPSA) is 80.7 Å². The summed E-state index contributed by atoms with van der Waals surface area (Å²) >= 11 is 0. The monoisotopic (exact) mass is 160 g/mol. The van der Waals surface area contributed by atoms with Gasteiger partial charge in [0.25, 0.3) is 10.1 Å². The Morgan fingerprint density at radius 3 is 2.00 bits per heavy atom. The van der Waals surface area contributed by atoms with Crippen molar-refractivity contribution in [3.05, 3.63) is 0 Å². The first-order chi connectivity index (χ1) is 3.42. The molecule has 0 amide bonds. The van der Waals surface area contributed by atoms with Gasteiger partial charge < -0.3 is 4.89 Å². The molecule has 0 radical (unpaired) electrons. The molecule has 0 bridgehead atoms. The van der Waals surface area contributed by atoms with Gasteiger partial charge in [-0.2, -0.15) is 12.4 Å². The highest BCUT2D eigenvalue weighted by molar-refractivity contribution is 7.88. The molecule has 0 aromatic carbocycles. The molecule has 0 fully saturated rings. The molecule has 8 heavy (non-hydrogen) atoms. The summed E-state index contributed by atoms with van der Waals surface area (Å²) in [6, 6.07) is 0. The van der Waals surface area contributed by atoms with Crippen LogP contribution in [-0.4, -0.2) is 19.6 Å². The van der Waals surface area contributed by atoms with E-state index in [0.717, 1.165) is 0 Å². The van der Waals surface area contributed by atoms with Crippen molar-refractivity contribution in [1.29, 1.82) is 0 Å². The van der Waals surface area contributed by atoms with Crippen LogP contribution in [0.1, 0.15) is 0 Å². The predicted octanol–water partition coefficient (Wildman–Crippen LogP) is -0.655. The van der Waals surface area contributed by atoms with E-state index >= 15 is 0 Å². The Balaban J connectivity index is 3.95. The van der Waals surface area contributed by atoms with Crippen LogP contribution in [0.25, 0.3) is 0 Å². The fraction of sp³-hybridized carbons (Fsp3) is 1.00. The van der Waals surface area contributed by atoms with Crippen LogP contribution in [-0.2, 0) is 18.7 Å². The Labute approximate surface area is 47.4 Å². The molecule has 0 heterocycles. The third kappa shape index (κ3) is 6.10. The van der Waals surface area contributed by atoms with Crippen molar-refractivity contribution in [1.82, 2.24) is 0 Å². The lowest BCUT2D eigenvalue weighted by atomic mass is 12.0. The van der Waals surface area contributed by atoms with E-state index in [1.165, 1.54) is 0 Å². The quantitative estimate of drug-likeness (QED) is 0.542. The van der Waals surface area contributed by atoms with Crippen molar-refractivity contribution in [3.63, 3.8) is 0 Å². The van der Waals surface area contributed by atoms with E-state index in [-0.39, 0.29) is 0 Å². The Morgan fingerprint density at radius 2 is 2.00 bits per heavy atom. The van der Waals surface area contributed by atoms with Gasteiger partial charge in [0.15, 0.2) is 0 Å². The van der Waals surface area contributed by atoms with Gasteiger partial charge in [-0.1, -0.05) is 0 Å². The predicted molar refractivity (Wildman–Crippen MR) is 27.1 cm³/mol. The van der Waals surface area contributed by atoms with E-state index in [9.17, 15) is 13.0 Å². The molecule has 0 aromatic heterocycles. The van der Waals surface area contributed by atoms with Crippen molar-refractivity contribution in [2.45, 2.75) is 0 Å². The average molecular weight is 160 g/mol. The van der Waals surface area contributed by atoms with Crippen molar-refractivity contribution < 1.29 is 21.8 Å².